The topological polar surface area (TPSA) is 88.3 Å². The first kappa shape index (κ1) is 21.4. The third kappa shape index (κ3) is 4.84. The minimum atomic E-state index is -3.47. The molecule has 9 heteroatoms. The minimum Gasteiger partial charge on any atom is -0.334 e. The molecule has 0 bridgehead atoms. The number of aromatic nitrogens is 2. The molecule has 0 spiro atoms. The van der Waals surface area contributed by atoms with E-state index >= 15 is 0 Å². The number of piperazine rings is 1. The Morgan fingerprint density at radius 3 is 2.72 bits per heavy atom. The summed E-state index contributed by atoms with van der Waals surface area (Å²) in [5.74, 6) is 0.873. The average Bonchev–Trinajstić information content (AvgIpc) is 3.19. The first-order chi connectivity index (χ1) is 13.5. The Bertz CT molecular complexity index is 1060. The number of hydrogen-bond acceptors (Lipinski definition) is 7. The summed E-state index contributed by atoms with van der Waals surface area (Å²) in [5, 5.41) is 7.43. The molecule has 0 radical (unpaired) electrons. The molecular formula is C20H23ClN4O3S. The van der Waals surface area contributed by atoms with Crippen molar-refractivity contribution in [2.45, 2.75) is 16.7 Å². The fourth-order valence-electron chi connectivity index (χ4n) is 3.28. The standard InChI is InChI=1S/C20H22N4O3S.ClH/c1-24-11-10-21-13-18(24)19-22-20(27-23-19)16-8-5-9-17(12-16)28(25,26)14-15-6-3-2-4-7-15;/h2-9,12,18,21H,10-11,13-14H2,1H3;1H. The Hall–Kier alpha value is -2.26. The van der Waals surface area contributed by atoms with Crippen LogP contribution in [0.5, 0.6) is 0 Å². The second kappa shape index (κ2) is 9.04. The lowest BCUT2D eigenvalue weighted by atomic mass is 10.2. The molecule has 1 fully saturated rings. The van der Waals surface area contributed by atoms with Gasteiger partial charge in [-0.15, -0.1) is 12.4 Å². The van der Waals surface area contributed by atoms with Gasteiger partial charge in [-0.2, -0.15) is 4.98 Å². The lowest BCUT2D eigenvalue weighted by Gasteiger charge is -2.30. The first-order valence-electron chi connectivity index (χ1n) is 9.14. The predicted octanol–water partition coefficient (Wildman–Crippen LogP) is 2.71. The monoisotopic (exact) mass is 434 g/mol. The van der Waals surface area contributed by atoms with Crippen LogP contribution in [0.2, 0.25) is 0 Å². The molecule has 1 N–H and O–H groups in total. The van der Waals surface area contributed by atoms with E-state index in [1.807, 2.05) is 25.2 Å². The second-order valence-electron chi connectivity index (χ2n) is 6.93. The van der Waals surface area contributed by atoms with Crippen molar-refractivity contribution in [3.05, 3.63) is 66.0 Å². The summed E-state index contributed by atoms with van der Waals surface area (Å²) in [7, 11) is -1.45. The van der Waals surface area contributed by atoms with Crippen LogP contribution in [0.1, 0.15) is 17.4 Å². The highest BCUT2D eigenvalue weighted by molar-refractivity contribution is 7.90. The fraction of sp³-hybridized carbons (Fsp3) is 0.300. The molecule has 154 valence electrons. The molecule has 2 heterocycles. The third-order valence-electron chi connectivity index (χ3n) is 4.89. The highest BCUT2D eigenvalue weighted by Gasteiger charge is 2.26. The second-order valence-corrected chi connectivity index (χ2v) is 8.92. The first-order valence-corrected chi connectivity index (χ1v) is 10.8. The van der Waals surface area contributed by atoms with Gasteiger partial charge in [0.1, 0.15) is 0 Å². The van der Waals surface area contributed by atoms with Gasteiger partial charge in [0.2, 0.25) is 0 Å². The van der Waals surface area contributed by atoms with Crippen LogP contribution in [0, 0.1) is 0 Å². The zero-order valence-electron chi connectivity index (χ0n) is 16.0. The maximum atomic E-state index is 12.8. The molecule has 1 atom stereocenters. The van der Waals surface area contributed by atoms with Crippen molar-refractivity contribution in [2.24, 2.45) is 0 Å². The summed E-state index contributed by atoms with van der Waals surface area (Å²) in [4.78, 5) is 6.92. The van der Waals surface area contributed by atoms with E-state index in [2.05, 4.69) is 20.4 Å². The third-order valence-corrected chi connectivity index (χ3v) is 6.58. The molecule has 1 saturated heterocycles. The molecule has 3 aromatic rings. The maximum Gasteiger partial charge on any atom is 0.258 e. The summed E-state index contributed by atoms with van der Waals surface area (Å²) < 4.78 is 31.0. The van der Waals surface area contributed by atoms with Crippen molar-refractivity contribution in [1.82, 2.24) is 20.4 Å². The summed E-state index contributed by atoms with van der Waals surface area (Å²) in [5.41, 5.74) is 1.35. The van der Waals surface area contributed by atoms with E-state index in [0.717, 1.165) is 25.2 Å². The van der Waals surface area contributed by atoms with Crippen LogP contribution in [0.25, 0.3) is 11.5 Å². The molecule has 29 heavy (non-hydrogen) atoms. The highest BCUT2D eigenvalue weighted by Crippen LogP contribution is 2.26. The summed E-state index contributed by atoms with van der Waals surface area (Å²) in [6, 6.07) is 15.8. The van der Waals surface area contributed by atoms with Gasteiger partial charge in [0.15, 0.2) is 15.7 Å². The lowest BCUT2D eigenvalue weighted by molar-refractivity contribution is 0.190. The molecule has 1 aliphatic heterocycles. The van der Waals surface area contributed by atoms with E-state index in [1.165, 1.54) is 0 Å². The van der Waals surface area contributed by atoms with Gasteiger partial charge in [0.05, 0.1) is 16.7 Å². The van der Waals surface area contributed by atoms with Crippen LogP contribution in [0.15, 0.2) is 64.0 Å². The van der Waals surface area contributed by atoms with Crippen LogP contribution in [0.3, 0.4) is 0 Å². The van der Waals surface area contributed by atoms with Gasteiger partial charge in [0.25, 0.3) is 5.89 Å². The van der Waals surface area contributed by atoms with Crippen molar-refractivity contribution >= 4 is 22.2 Å². The maximum absolute atomic E-state index is 12.8. The van der Waals surface area contributed by atoms with E-state index in [0.29, 0.717) is 17.3 Å². The highest BCUT2D eigenvalue weighted by atomic mass is 35.5. The van der Waals surface area contributed by atoms with Gasteiger partial charge in [-0.3, -0.25) is 4.90 Å². The smallest absolute Gasteiger partial charge is 0.258 e. The number of rotatable bonds is 5. The number of sulfone groups is 1. The van der Waals surface area contributed by atoms with Crippen molar-refractivity contribution < 1.29 is 12.9 Å². The normalized spacial score (nSPS) is 17.6. The number of nitrogens with zero attached hydrogens (tertiary/aromatic N) is 3. The lowest BCUT2D eigenvalue weighted by Crippen LogP contribution is -2.44. The number of likely N-dealkylation sites (N-methyl/N-ethyl adjacent to an activating group) is 1. The Kier molecular flexibility index (Phi) is 6.69. The zero-order chi connectivity index (χ0) is 19.6. The quantitative estimate of drug-likeness (QED) is 0.660. The van der Waals surface area contributed by atoms with Gasteiger partial charge >= 0.3 is 0 Å². The van der Waals surface area contributed by atoms with Crippen molar-refractivity contribution in [2.75, 3.05) is 26.7 Å². The van der Waals surface area contributed by atoms with E-state index in [1.54, 1.807) is 36.4 Å². The van der Waals surface area contributed by atoms with Gasteiger partial charge in [-0.25, -0.2) is 8.42 Å². The van der Waals surface area contributed by atoms with Crippen LogP contribution in [-0.4, -0.2) is 50.1 Å². The Balaban J connectivity index is 0.00000240. The SMILES string of the molecule is CN1CCNCC1c1noc(-c2cccc(S(=O)(=O)Cc3ccccc3)c2)n1.Cl. The van der Waals surface area contributed by atoms with Gasteiger partial charge < -0.3 is 9.84 Å². The van der Waals surface area contributed by atoms with Crippen LogP contribution in [0.4, 0.5) is 0 Å². The van der Waals surface area contributed by atoms with Gasteiger partial charge in [-0.1, -0.05) is 41.6 Å². The van der Waals surface area contributed by atoms with Gasteiger partial charge in [-0.05, 0) is 30.8 Å². The van der Waals surface area contributed by atoms with Crippen LogP contribution >= 0.6 is 12.4 Å². The molecule has 7 nitrogen and oxygen atoms in total. The largest absolute Gasteiger partial charge is 0.334 e. The van der Waals surface area contributed by atoms with Crippen molar-refractivity contribution in [1.29, 1.82) is 0 Å². The van der Waals surface area contributed by atoms with Gasteiger partial charge in [0, 0.05) is 25.2 Å². The molecule has 1 unspecified atom stereocenters. The van der Waals surface area contributed by atoms with Crippen LogP contribution in [-0.2, 0) is 15.6 Å². The summed E-state index contributed by atoms with van der Waals surface area (Å²) in [6.07, 6.45) is 0. The summed E-state index contributed by atoms with van der Waals surface area (Å²) in [6.45, 7) is 2.59. The molecule has 0 saturated carbocycles. The number of benzene rings is 2. The number of halogens is 1. The number of nitrogens with one attached hydrogen (secondary N) is 1. The fourth-order valence-corrected chi connectivity index (χ4v) is 4.67. The van der Waals surface area contributed by atoms with E-state index < -0.39 is 9.84 Å². The molecular weight excluding hydrogens is 412 g/mol. The summed E-state index contributed by atoms with van der Waals surface area (Å²) >= 11 is 0. The molecule has 0 amide bonds. The predicted molar refractivity (Wildman–Crippen MR) is 113 cm³/mol. The van der Waals surface area contributed by atoms with E-state index in [9.17, 15) is 8.42 Å². The number of hydrogen-bond donors (Lipinski definition) is 1. The van der Waals surface area contributed by atoms with Crippen LogP contribution < -0.4 is 5.32 Å². The van der Waals surface area contributed by atoms with E-state index in [-0.39, 0.29) is 29.1 Å². The molecule has 0 aliphatic carbocycles. The van der Waals surface area contributed by atoms with E-state index in [4.69, 9.17) is 4.52 Å². The average molecular weight is 435 g/mol. The molecule has 1 aromatic heterocycles. The molecule has 1 aliphatic rings. The van der Waals surface area contributed by atoms with Crippen molar-refractivity contribution in [3.63, 3.8) is 0 Å². The Morgan fingerprint density at radius 2 is 1.97 bits per heavy atom. The molecule has 4 rings (SSSR count). The molecule has 2 aromatic carbocycles. The zero-order valence-corrected chi connectivity index (χ0v) is 17.6. The minimum absolute atomic E-state index is 0. The Morgan fingerprint density at radius 1 is 1.17 bits per heavy atom. The Labute approximate surface area is 176 Å². The van der Waals surface area contributed by atoms with Crippen molar-refractivity contribution in [3.8, 4) is 11.5 Å².